The van der Waals surface area contributed by atoms with Gasteiger partial charge in [-0.1, -0.05) is 0 Å². The van der Waals surface area contributed by atoms with Crippen molar-refractivity contribution in [1.82, 2.24) is 14.9 Å². The minimum Gasteiger partial charge on any atom is -0.355 e. The van der Waals surface area contributed by atoms with Crippen molar-refractivity contribution in [3.05, 3.63) is 11.9 Å². The van der Waals surface area contributed by atoms with Crippen LogP contribution in [0.1, 0.15) is 43.8 Å². The highest BCUT2D eigenvalue weighted by molar-refractivity contribution is 5.50. The van der Waals surface area contributed by atoms with Crippen molar-refractivity contribution in [1.29, 1.82) is 0 Å². The van der Waals surface area contributed by atoms with Crippen LogP contribution in [-0.2, 0) is 0 Å². The predicted octanol–water partition coefficient (Wildman–Crippen LogP) is 1.31. The van der Waals surface area contributed by atoms with Crippen molar-refractivity contribution >= 4 is 11.6 Å². The first-order chi connectivity index (χ1) is 10.3. The van der Waals surface area contributed by atoms with Gasteiger partial charge in [0.05, 0.1) is 0 Å². The smallest absolute Gasteiger partial charge is 0.145 e. The molecule has 1 aliphatic carbocycles. The van der Waals surface area contributed by atoms with Gasteiger partial charge in [-0.3, -0.25) is 4.90 Å². The number of nitrogens with zero attached hydrogens (tertiary/aromatic N) is 4. The molecule has 1 aromatic rings. The third-order valence-corrected chi connectivity index (χ3v) is 4.96. The minimum atomic E-state index is 0.550. The molecule has 1 unspecified atom stereocenters. The first kappa shape index (κ1) is 13.3. The zero-order chi connectivity index (χ0) is 14.2. The molecular weight excluding hydrogens is 264 g/mol. The summed E-state index contributed by atoms with van der Waals surface area (Å²) >= 11 is 0. The van der Waals surface area contributed by atoms with Crippen LogP contribution in [0.25, 0.3) is 0 Å². The van der Waals surface area contributed by atoms with Gasteiger partial charge in [-0.25, -0.2) is 15.8 Å². The summed E-state index contributed by atoms with van der Waals surface area (Å²) in [6.07, 6.45) is 6.38. The van der Waals surface area contributed by atoms with E-state index in [0.717, 1.165) is 30.5 Å². The normalized spacial score (nSPS) is 26.5. The highest BCUT2D eigenvalue weighted by atomic mass is 15.3. The van der Waals surface area contributed by atoms with Crippen molar-refractivity contribution in [3.8, 4) is 0 Å². The highest BCUT2D eigenvalue weighted by Gasteiger charge is 2.32. The van der Waals surface area contributed by atoms with E-state index in [1.807, 2.05) is 6.07 Å². The van der Waals surface area contributed by atoms with Gasteiger partial charge in [0.1, 0.15) is 17.5 Å². The molecule has 1 atom stereocenters. The molecule has 4 rings (SSSR count). The van der Waals surface area contributed by atoms with E-state index in [2.05, 4.69) is 20.2 Å². The molecule has 2 saturated heterocycles. The number of hydrazine groups is 1. The van der Waals surface area contributed by atoms with Gasteiger partial charge in [0.2, 0.25) is 0 Å². The number of hydrogen-bond acceptors (Lipinski definition) is 6. The van der Waals surface area contributed by atoms with Gasteiger partial charge in [-0.2, -0.15) is 0 Å². The Morgan fingerprint density at radius 2 is 1.90 bits per heavy atom. The van der Waals surface area contributed by atoms with Crippen LogP contribution in [-0.4, -0.2) is 47.1 Å². The summed E-state index contributed by atoms with van der Waals surface area (Å²) in [5, 5.41) is 0. The molecule has 1 aromatic heterocycles. The van der Waals surface area contributed by atoms with E-state index in [1.165, 1.54) is 45.2 Å². The van der Waals surface area contributed by atoms with Crippen LogP contribution in [0.4, 0.5) is 11.6 Å². The number of likely N-dealkylation sites (tertiary alicyclic amines) is 1. The van der Waals surface area contributed by atoms with Crippen molar-refractivity contribution < 1.29 is 0 Å². The summed E-state index contributed by atoms with van der Waals surface area (Å²) in [7, 11) is 0. The molecule has 0 bridgehead atoms. The molecule has 6 nitrogen and oxygen atoms in total. The fraction of sp³-hybridized carbons (Fsp3) is 0.733. The number of nitrogens with one attached hydrogen (secondary N) is 1. The van der Waals surface area contributed by atoms with Crippen molar-refractivity contribution in [2.45, 2.75) is 44.1 Å². The van der Waals surface area contributed by atoms with E-state index in [9.17, 15) is 0 Å². The predicted molar refractivity (Wildman–Crippen MR) is 83.2 cm³/mol. The van der Waals surface area contributed by atoms with Crippen molar-refractivity contribution in [2.24, 2.45) is 5.84 Å². The molecule has 1 saturated carbocycles. The fourth-order valence-electron chi connectivity index (χ4n) is 3.57. The number of rotatable bonds is 4. The third-order valence-electron chi connectivity index (χ3n) is 4.96. The monoisotopic (exact) mass is 288 g/mol. The largest absolute Gasteiger partial charge is 0.355 e. The Morgan fingerprint density at radius 1 is 1.10 bits per heavy atom. The van der Waals surface area contributed by atoms with Gasteiger partial charge in [0.15, 0.2) is 0 Å². The van der Waals surface area contributed by atoms with E-state index in [0.29, 0.717) is 12.0 Å². The van der Waals surface area contributed by atoms with Crippen molar-refractivity contribution in [2.75, 3.05) is 36.5 Å². The lowest BCUT2D eigenvalue weighted by molar-refractivity contribution is 0.260. The van der Waals surface area contributed by atoms with Gasteiger partial charge < -0.3 is 10.3 Å². The zero-order valence-electron chi connectivity index (χ0n) is 12.5. The first-order valence-electron chi connectivity index (χ1n) is 8.18. The van der Waals surface area contributed by atoms with E-state index >= 15 is 0 Å². The molecule has 6 heteroatoms. The third kappa shape index (κ3) is 2.70. The Balaban J connectivity index is 1.51. The van der Waals surface area contributed by atoms with Crippen LogP contribution in [0.2, 0.25) is 0 Å². The molecule has 2 aliphatic heterocycles. The van der Waals surface area contributed by atoms with Crippen LogP contribution in [0.5, 0.6) is 0 Å². The Kier molecular flexibility index (Phi) is 3.43. The molecule has 21 heavy (non-hydrogen) atoms. The van der Waals surface area contributed by atoms with Crippen LogP contribution in [0.3, 0.4) is 0 Å². The number of anilines is 2. The second-order valence-electron chi connectivity index (χ2n) is 6.52. The molecular formula is C15H24N6. The standard InChI is InChI=1S/C15H24N6/c16-19-13-9-14(18-15(17-13)11-3-4-11)21-8-5-12(10-21)20-6-1-2-7-20/h9,11-12H,1-8,10,16H2,(H,17,18,19). The van der Waals surface area contributed by atoms with Crippen LogP contribution in [0.15, 0.2) is 6.07 Å². The lowest BCUT2D eigenvalue weighted by atomic mass is 10.2. The summed E-state index contributed by atoms with van der Waals surface area (Å²) in [5.74, 6) is 8.86. The maximum Gasteiger partial charge on any atom is 0.145 e. The fourth-order valence-corrected chi connectivity index (χ4v) is 3.57. The quantitative estimate of drug-likeness (QED) is 0.643. The van der Waals surface area contributed by atoms with E-state index in [-0.39, 0.29) is 0 Å². The SMILES string of the molecule is NNc1cc(N2CCC(N3CCCC3)C2)nc(C2CC2)n1. The highest BCUT2D eigenvalue weighted by Crippen LogP contribution is 2.39. The zero-order valence-corrected chi connectivity index (χ0v) is 12.5. The van der Waals surface area contributed by atoms with Crippen LogP contribution < -0.4 is 16.2 Å². The van der Waals surface area contributed by atoms with E-state index in [1.54, 1.807) is 0 Å². The van der Waals surface area contributed by atoms with Crippen LogP contribution in [0, 0.1) is 0 Å². The number of aromatic nitrogens is 2. The second kappa shape index (κ2) is 5.42. The van der Waals surface area contributed by atoms with Crippen molar-refractivity contribution in [3.63, 3.8) is 0 Å². The van der Waals surface area contributed by atoms with Gasteiger partial charge in [-0.05, 0) is 45.2 Å². The maximum absolute atomic E-state index is 5.57. The average molecular weight is 288 g/mol. The van der Waals surface area contributed by atoms with Gasteiger partial charge in [-0.15, -0.1) is 0 Å². The van der Waals surface area contributed by atoms with E-state index < -0.39 is 0 Å². The molecule has 3 aliphatic rings. The number of nitrogens with two attached hydrogens (primary N) is 1. The molecule has 3 heterocycles. The lowest BCUT2D eigenvalue weighted by Gasteiger charge is -2.24. The van der Waals surface area contributed by atoms with E-state index in [4.69, 9.17) is 10.8 Å². The topological polar surface area (TPSA) is 70.3 Å². The average Bonchev–Trinajstić information content (AvgIpc) is 3.03. The van der Waals surface area contributed by atoms with Gasteiger partial charge in [0.25, 0.3) is 0 Å². The molecule has 114 valence electrons. The van der Waals surface area contributed by atoms with Gasteiger partial charge in [0, 0.05) is 31.1 Å². The summed E-state index contributed by atoms with van der Waals surface area (Å²) in [6.45, 7) is 4.72. The summed E-state index contributed by atoms with van der Waals surface area (Å²) in [6, 6.07) is 2.68. The Bertz CT molecular complexity index is 509. The Morgan fingerprint density at radius 3 is 2.62 bits per heavy atom. The molecule has 0 aromatic carbocycles. The second-order valence-corrected chi connectivity index (χ2v) is 6.52. The first-order valence-corrected chi connectivity index (χ1v) is 8.18. The van der Waals surface area contributed by atoms with Gasteiger partial charge >= 0.3 is 0 Å². The molecule has 0 amide bonds. The van der Waals surface area contributed by atoms with Crippen LogP contribution >= 0.6 is 0 Å². The molecule has 3 fully saturated rings. The summed E-state index contributed by atoms with van der Waals surface area (Å²) in [4.78, 5) is 14.3. The maximum atomic E-state index is 5.57. The molecule has 3 N–H and O–H groups in total. The summed E-state index contributed by atoms with van der Waals surface area (Å²) < 4.78 is 0. The number of hydrogen-bond donors (Lipinski definition) is 2. The summed E-state index contributed by atoms with van der Waals surface area (Å²) in [5.41, 5.74) is 2.69. The Labute approximate surface area is 125 Å². The lowest BCUT2D eigenvalue weighted by Crippen LogP contribution is -2.35. The number of nitrogen functional groups attached to an aromatic ring is 1. The Hall–Kier alpha value is -1.40. The molecule has 0 radical (unpaired) electrons. The minimum absolute atomic E-state index is 0.550. The molecule has 0 spiro atoms.